The number of halogens is 1. The summed E-state index contributed by atoms with van der Waals surface area (Å²) in [5.41, 5.74) is 1.22. The van der Waals surface area contributed by atoms with Gasteiger partial charge in [-0.05, 0) is 43.7 Å². The topological polar surface area (TPSA) is 64.0 Å². The van der Waals surface area contributed by atoms with E-state index in [1.54, 1.807) is 43.5 Å². The first kappa shape index (κ1) is 16.2. The van der Waals surface area contributed by atoms with Crippen molar-refractivity contribution >= 4 is 34.0 Å². The van der Waals surface area contributed by atoms with Gasteiger partial charge in [-0.1, -0.05) is 29.8 Å². The van der Waals surface area contributed by atoms with Crippen LogP contribution in [0, 0.1) is 6.92 Å². The Labute approximate surface area is 143 Å². The van der Waals surface area contributed by atoms with Gasteiger partial charge in [-0.3, -0.25) is 9.59 Å². The highest BCUT2D eigenvalue weighted by Crippen LogP contribution is 2.20. The molecule has 1 heterocycles. The monoisotopic (exact) mass is 341 g/mol. The summed E-state index contributed by atoms with van der Waals surface area (Å²) in [5, 5.41) is 8.83. The Morgan fingerprint density at radius 2 is 2.00 bits per heavy atom. The van der Waals surface area contributed by atoms with Crippen molar-refractivity contribution in [1.29, 1.82) is 0 Å². The fourth-order valence-electron chi connectivity index (χ4n) is 2.50. The van der Waals surface area contributed by atoms with Crippen LogP contribution in [0.25, 0.3) is 10.8 Å². The molecule has 0 saturated carbocycles. The normalized spacial score (nSPS) is 12.1. The molecule has 6 heteroatoms. The average molecular weight is 342 g/mol. The lowest BCUT2D eigenvalue weighted by Crippen LogP contribution is -2.33. The van der Waals surface area contributed by atoms with Crippen LogP contribution in [0.15, 0.2) is 53.5 Å². The molecule has 0 bridgehead atoms. The third kappa shape index (κ3) is 3.03. The minimum atomic E-state index is -0.739. The Kier molecular flexibility index (Phi) is 4.36. The van der Waals surface area contributed by atoms with Crippen molar-refractivity contribution in [3.63, 3.8) is 0 Å². The van der Waals surface area contributed by atoms with Crippen molar-refractivity contribution in [1.82, 2.24) is 9.78 Å². The second-order valence-electron chi connectivity index (χ2n) is 5.61. The quantitative estimate of drug-likeness (QED) is 0.792. The van der Waals surface area contributed by atoms with Gasteiger partial charge in [0.1, 0.15) is 6.04 Å². The molecule has 2 aromatic carbocycles. The summed E-state index contributed by atoms with van der Waals surface area (Å²) >= 11 is 5.92. The minimum absolute atomic E-state index is 0.288. The number of hydrogen-bond acceptors (Lipinski definition) is 3. The zero-order chi connectivity index (χ0) is 17.3. The predicted molar refractivity (Wildman–Crippen MR) is 95.5 cm³/mol. The number of nitrogens with one attached hydrogen (secondary N) is 1. The van der Waals surface area contributed by atoms with Gasteiger partial charge in [0, 0.05) is 16.1 Å². The van der Waals surface area contributed by atoms with Gasteiger partial charge in [-0.25, -0.2) is 4.68 Å². The van der Waals surface area contributed by atoms with Gasteiger partial charge in [-0.15, -0.1) is 0 Å². The van der Waals surface area contributed by atoms with Gasteiger partial charge in [0.25, 0.3) is 5.56 Å². The van der Waals surface area contributed by atoms with Crippen molar-refractivity contribution in [2.45, 2.75) is 19.9 Å². The van der Waals surface area contributed by atoms with Gasteiger partial charge in [-0.2, -0.15) is 5.10 Å². The number of hydrogen-bond donors (Lipinski definition) is 1. The molecule has 1 atom stereocenters. The predicted octanol–water partition coefficient (Wildman–Crippen LogP) is 3.56. The molecular formula is C18H16ClN3O2. The average Bonchev–Trinajstić information content (AvgIpc) is 2.57. The van der Waals surface area contributed by atoms with Crippen molar-refractivity contribution in [2.75, 3.05) is 5.32 Å². The first-order valence-electron chi connectivity index (χ1n) is 7.51. The highest BCUT2D eigenvalue weighted by Gasteiger charge is 2.19. The van der Waals surface area contributed by atoms with Gasteiger partial charge in [0.2, 0.25) is 5.91 Å². The number of aryl methyl sites for hydroxylation is 1. The first-order chi connectivity index (χ1) is 11.5. The Morgan fingerprint density at radius 1 is 1.25 bits per heavy atom. The summed E-state index contributed by atoms with van der Waals surface area (Å²) in [6.07, 6.45) is 1.59. The number of rotatable bonds is 3. The molecule has 24 heavy (non-hydrogen) atoms. The molecule has 122 valence electrons. The van der Waals surface area contributed by atoms with Crippen LogP contribution < -0.4 is 10.9 Å². The Bertz CT molecular complexity index is 981. The second kappa shape index (κ2) is 6.45. The van der Waals surface area contributed by atoms with Crippen molar-refractivity contribution in [3.05, 3.63) is 69.6 Å². The molecule has 5 nitrogen and oxygen atoms in total. The summed E-state index contributed by atoms with van der Waals surface area (Å²) in [6, 6.07) is 11.6. The molecule has 1 N–H and O–H groups in total. The number of carbonyl (C=O) groups is 1. The number of amides is 1. The van der Waals surface area contributed by atoms with E-state index in [4.69, 9.17) is 11.6 Å². The number of nitrogens with zero attached hydrogens (tertiary/aromatic N) is 2. The molecule has 0 aliphatic heterocycles. The highest BCUT2D eigenvalue weighted by atomic mass is 35.5. The minimum Gasteiger partial charge on any atom is -0.324 e. The summed E-state index contributed by atoms with van der Waals surface area (Å²) in [4.78, 5) is 25.0. The maximum Gasteiger partial charge on any atom is 0.275 e. The number of aromatic nitrogens is 2. The number of carbonyl (C=O) groups excluding carboxylic acids is 1. The number of fused-ring (bicyclic) bond motifs is 1. The molecule has 0 unspecified atom stereocenters. The van der Waals surface area contributed by atoms with E-state index in [9.17, 15) is 9.59 Å². The summed E-state index contributed by atoms with van der Waals surface area (Å²) in [5.74, 6) is -0.315. The maximum atomic E-state index is 12.5. The van der Waals surface area contributed by atoms with E-state index in [-0.39, 0.29) is 11.5 Å². The molecular weight excluding hydrogens is 326 g/mol. The van der Waals surface area contributed by atoms with E-state index in [2.05, 4.69) is 10.4 Å². The Hall–Kier alpha value is -2.66. The Balaban J connectivity index is 1.91. The SMILES string of the molecule is Cc1cc(Cl)ccc1NC(=O)[C@H](C)n1ncc2ccccc2c1=O. The number of benzene rings is 2. The fraction of sp³-hybridized carbons (Fsp3) is 0.167. The zero-order valence-corrected chi connectivity index (χ0v) is 14.0. The van der Waals surface area contributed by atoms with Crippen LogP contribution in [0.3, 0.4) is 0 Å². The standard InChI is InChI=1S/C18H16ClN3O2/c1-11-9-14(19)7-8-16(11)21-17(23)12(2)22-18(24)15-6-4-3-5-13(15)10-20-22/h3-10,12H,1-2H3,(H,21,23)/t12-/m0/s1. The van der Waals surface area contributed by atoms with E-state index < -0.39 is 6.04 Å². The number of anilines is 1. The largest absolute Gasteiger partial charge is 0.324 e. The highest BCUT2D eigenvalue weighted by molar-refractivity contribution is 6.30. The molecule has 0 spiro atoms. The lowest BCUT2D eigenvalue weighted by atomic mass is 10.2. The Morgan fingerprint density at radius 3 is 2.75 bits per heavy atom. The molecule has 1 aromatic heterocycles. The summed E-state index contributed by atoms with van der Waals surface area (Å²) in [7, 11) is 0. The van der Waals surface area contributed by atoms with Crippen molar-refractivity contribution in [2.24, 2.45) is 0 Å². The summed E-state index contributed by atoms with van der Waals surface area (Å²) in [6.45, 7) is 3.50. The van der Waals surface area contributed by atoms with Crippen LogP contribution in [0.2, 0.25) is 5.02 Å². The fourth-order valence-corrected chi connectivity index (χ4v) is 2.72. The van der Waals surface area contributed by atoms with Crippen LogP contribution >= 0.6 is 11.6 Å². The zero-order valence-electron chi connectivity index (χ0n) is 13.3. The molecule has 0 radical (unpaired) electrons. The molecule has 3 aromatic rings. The van der Waals surface area contributed by atoms with E-state index in [1.807, 2.05) is 19.1 Å². The van der Waals surface area contributed by atoms with Crippen LogP contribution in [0.1, 0.15) is 18.5 Å². The van der Waals surface area contributed by atoms with Crippen LogP contribution in [-0.4, -0.2) is 15.7 Å². The van der Waals surface area contributed by atoms with E-state index >= 15 is 0 Å². The van der Waals surface area contributed by atoms with Gasteiger partial charge < -0.3 is 5.32 Å². The van der Waals surface area contributed by atoms with Gasteiger partial charge in [0.05, 0.1) is 11.6 Å². The summed E-state index contributed by atoms with van der Waals surface area (Å²) < 4.78 is 1.20. The van der Waals surface area contributed by atoms with E-state index in [1.165, 1.54) is 4.68 Å². The van der Waals surface area contributed by atoms with Gasteiger partial charge >= 0.3 is 0 Å². The third-order valence-corrected chi connectivity index (χ3v) is 4.15. The molecule has 0 aliphatic rings. The molecule has 0 fully saturated rings. The van der Waals surface area contributed by atoms with Crippen molar-refractivity contribution < 1.29 is 4.79 Å². The first-order valence-corrected chi connectivity index (χ1v) is 7.89. The third-order valence-electron chi connectivity index (χ3n) is 3.91. The van der Waals surface area contributed by atoms with Crippen molar-refractivity contribution in [3.8, 4) is 0 Å². The molecule has 1 amide bonds. The second-order valence-corrected chi connectivity index (χ2v) is 6.04. The lowest BCUT2D eigenvalue weighted by Gasteiger charge is -2.15. The smallest absolute Gasteiger partial charge is 0.275 e. The van der Waals surface area contributed by atoms with Crippen LogP contribution in [0.5, 0.6) is 0 Å². The molecule has 0 aliphatic carbocycles. The lowest BCUT2D eigenvalue weighted by molar-refractivity contribution is -0.119. The van der Waals surface area contributed by atoms with Crippen LogP contribution in [0.4, 0.5) is 5.69 Å². The van der Waals surface area contributed by atoms with E-state index in [0.29, 0.717) is 16.1 Å². The van der Waals surface area contributed by atoms with Crippen LogP contribution in [-0.2, 0) is 4.79 Å². The molecule has 3 rings (SSSR count). The van der Waals surface area contributed by atoms with E-state index in [0.717, 1.165) is 10.9 Å². The maximum absolute atomic E-state index is 12.5. The molecule has 0 saturated heterocycles. The van der Waals surface area contributed by atoms with Gasteiger partial charge in [0.15, 0.2) is 0 Å².